The Labute approximate surface area is 131 Å². The highest BCUT2D eigenvalue weighted by atomic mass is 16.6. The van der Waals surface area contributed by atoms with E-state index in [4.69, 9.17) is 0 Å². The molecule has 0 saturated heterocycles. The molecular formula is C16H24N4O2. The molecule has 120 valence electrons. The third-order valence-corrected chi connectivity index (χ3v) is 3.05. The summed E-state index contributed by atoms with van der Waals surface area (Å²) in [5, 5.41) is 16.9. The Bertz CT molecular complexity index is 497. The fourth-order valence-electron chi connectivity index (χ4n) is 1.93. The van der Waals surface area contributed by atoms with Gasteiger partial charge < -0.3 is 10.6 Å². The summed E-state index contributed by atoms with van der Waals surface area (Å²) >= 11 is 0. The molecule has 0 heterocycles. The van der Waals surface area contributed by atoms with Crippen molar-refractivity contribution in [3.05, 3.63) is 52.6 Å². The van der Waals surface area contributed by atoms with Crippen LogP contribution < -0.4 is 10.6 Å². The summed E-state index contributed by atoms with van der Waals surface area (Å²) in [6, 6.07) is 6.74. The van der Waals surface area contributed by atoms with Gasteiger partial charge in [0.1, 0.15) is 0 Å². The van der Waals surface area contributed by atoms with Crippen molar-refractivity contribution in [2.75, 3.05) is 19.6 Å². The number of hydrogen-bond donors (Lipinski definition) is 2. The van der Waals surface area contributed by atoms with Crippen molar-refractivity contribution >= 4 is 11.6 Å². The van der Waals surface area contributed by atoms with Crippen LogP contribution in [0, 0.1) is 10.1 Å². The maximum absolute atomic E-state index is 10.6. The summed E-state index contributed by atoms with van der Waals surface area (Å²) < 4.78 is 0. The molecule has 0 bridgehead atoms. The van der Waals surface area contributed by atoms with Gasteiger partial charge in [-0.15, -0.1) is 6.58 Å². The van der Waals surface area contributed by atoms with Crippen LogP contribution in [0.3, 0.4) is 0 Å². The minimum absolute atomic E-state index is 0.136. The van der Waals surface area contributed by atoms with Crippen LogP contribution in [0.2, 0.25) is 0 Å². The number of benzene rings is 1. The number of nitro groups is 1. The molecule has 0 aromatic heterocycles. The zero-order chi connectivity index (χ0) is 16.2. The Morgan fingerprint density at radius 2 is 2.05 bits per heavy atom. The number of nitro benzene ring substituents is 1. The third kappa shape index (κ3) is 6.88. The first-order chi connectivity index (χ1) is 10.7. The van der Waals surface area contributed by atoms with Crippen molar-refractivity contribution in [3.63, 3.8) is 0 Å². The minimum Gasteiger partial charge on any atom is -0.357 e. The first-order valence-electron chi connectivity index (χ1n) is 7.53. The monoisotopic (exact) mass is 304 g/mol. The molecule has 1 aromatic rings. The predicted octanol–water partition coefficient (Wildman–Crippen LogP) is 2.66. The van der Waals surface area contributed by atoms with E-state index >= 15 is 0 Å². The number of non-ortho nitro benzene ring substituents is 1. The highest BCUT2D eigenvalue weighted by Gasteiger charge is 2.03. The molecule has 2 N–H and O–H groups in total. The van der Waals surface area contributed by atoms with Crippen LogP contribution in [0.5, 0.6) is 0 Å². The largest absolute Gasteiger partial charge is 0.357 e. The second kappa shape index (κ2) is 10.4. The van der Waals surface area contributed by atoms with Crippen molar-refractivity contribution < 1.29 is 4.92 Å². The molecule has 1 aromatic carbocycles. The number of hydrogen-bond acceptors (Lipinski definition) is 3. The van der Waals surface area contributed by atoms with Gasteiger partial charge in [0.15, 0.2) is 5.96 Å². The van der Waals surface area contributed by atoms with Gasteiger partial charge in [0, 0.05) is 31.8 Å². The first kappa shape index (κ1) is 17.7. The normalized spacial score (nSPS) is 11.0. The molecule has 0 radical (unpaired) electrons. The van der Waals surface area contributed by atoms with Crippen molar-refractivity contribution in [1.82, 2.24) is 10.6 Å². The maximum atomic E-state index is 10.6. The lowest BCUT2D eigenvalue weighted by Crippen LogP contribution is -2.37. The maximum Gasteiger partial charge on any atom is 0.269 e. The van der Waals surface area contributed by atoms with E-state index in [-0.39, 0.29) is 10.6 Å². The van der Waals surface area contributed by atoms with E-state index in [1.807, 2.05) is 19.1 Å². The summed E-state index contributed by atoms with van der Waals surface area (Å²) in [4.78, 5) is 14.7. The highest BCUT2D eigenvalue weighted by Crippen LogP contribution is 2.13. The molecule has 0 aliphatic rings. The van der Waals surface area contributed by atoms with Gasteiger partial charge in [-0.3, -0.25) is 15.1 Å². The zero-order valence-corrected chi connectivity index (χ0v) is 13.0. The SMILES string of the molecule is C=CCNC(=NCCCCc1ccc([N+](=O)[O-])cc1)NCC. The summed E-state index contributed by atoms with van der Waals surface area (Å²) in [5.41, 5.74) is 1.25. The number of unbranched alkanes of at least 4 members (excludes halogenated alkanes) is 1. The Morgan fingerprint density at radius 3 is 2.64 bits per heavy atom. The lowest BCUT2D eigenvalue weighted by Gasteiger charge is -2.09. The van der Waals surface area contributed by atoms with Crippen LogP contribution in [0.4, 0.5) is 5.69 Å². The number of rotatable bonds is 9. The zero-order valence-electron chi connectivity index (χ0n) is 13.0. The molecular weight excluding hydrogens is 280 g/mol. The Balaban J connectivity index is 2.31. The van der Waals surface area contributed by atoms with Crippen LogP contribution in [0.25, 0.3) is 0 Å². The van der Waals surface area contributed by atoms with Crippen LogP contribution in [0.1, 0.15) is 25.3 Å². The number of nitrogens with one attached hydrogen (secondary N) is 2. The molecule has 6 nitrogen and oxygen atoms in total. The quantitative estimate of drug-likeness (QED) is 0.184. The average molecular weight is 304 g/mol. The summed E-state index contributed by atoms with van der Waals surface area (Å²) in [6.45, 7) is 7.96. The molecule has 0 atom stereocenters. The molecule has 22 heavy (non-hydrogen) atoms. The number of guanidine groups is 1. The van der Waals surface area contributed by atoms with Crippen molar-refractivity contribution in [2.24, 2.45) is 4.99 Å². The number of aliphatic imine (C=N–C) groups is 1. The second-order valence-corrected chi connectivity index (χ2v) is 4.81. The third-order valence-electron chi connectivity index (χ3n) is 3.05. The Morgan fingerprint density at radius 1 is 1.32 bits per heavy atom. The summed E-state index contributed by atoms with van der Waals surface area (Å²) in [5.74, 6) is 0.803. The molecule has 0 spiro atoms. The van der Waals surface area contributed by atoms with Crippen LogP contribution >= 0.6 is 0 Å². The van der Waals surface area contributed by atoms with Gasteiger partial charge in [-0.2, -0.15) is 0 Å². The molecule has 0 saturated carbocycles. The van der Waals surface area contributed by atoms with Gasteiger partial charge in [-0.1, -0.05) is 18.2 Å². The van der Waals surface area contributed by atoms with E-state index in [0.29, 0.717) is 6.54 Å². The lowest BCUT2D eigenvalue weighted by molar-refractivity contribution is -0.384. The van der Waals surface area contributed by atoms with E-state index in [1.165, 1.54) is 0 Å². The van der Waals surface area contributed by atoms with E-state index < -0.39 is 0 Å². The lowest BCUT2D eigenvalue weighted by atomic mass is 10.1. The molecule has 0 fully saturated rings. The van der Waals surface area contributed by atoms with E-state index in [9.17, 15) is 10.1 Å². The summed E-state index contributed by atoms with van der Waals surface area (Å²) in [6.07, 6.45) is 4.68. The Kier molecular flexibility index (Phi) is 8.33. The highest BCUT2D eigenvalue weighted by molar-refractivity contribution is 5.79. The molecule has 6 heteroatoms. The fourth-order valence-corrected chi connectivity index (χ4v) is 1.93. The predicted molar refractivity (Wildman–Crippen MR) is 90.2 cm³/mol. The summed E-state index contributed by atoms with van der Waals surface area (Å²) in [7, 11) is 0. The van der Waals surface area contributed by atoms with Crippen molar-refractivity contribution in [1.29, 1.82) is 0 Å². The Hall–Kier alpha value is -2.37. The first-order valence-corrected chi connectivity index (χ1v) is 7.53. The smallest absolute Gasteiger partial charge is 0.269 e. The van der Waals surface area contributed by atoms with Gasteiger partial charge >= 0.3 is 0 Å². The van der Waals surface area contributed by atoms with Gasteiger partial charge in [0.25, 0.3) is 5.69 Å². The molecule has 0 unspecified atom stereocenters. The van der Waals surface area contributed by atoms with Crippen molar-refractivity contribution in [2.45, 2.75) is 26.2 Å². The van der Waals surface area contributed by atoms with Crippen LogP contribution in [0.15, 0.2) is 41.9 Å². The fraction of sp³-hybridized carbons (Fsp3) is 0.438. The minimum atomic E-state index is -0.378. The molecule has 0 aliphatic heterocycles. The van der Waals surface area contributed by atoms with Crippen molar-refractivity contribution in [3.8, 4) is 0 Å². The van der Waals surface area contributed by atoms with E-state index in [2.05, 4.69) is 22.2 Å². The van der Waals surface area contributed by atoms with Gasteiger partial charge in [0.2, 0.25) is 0 Å². The average Bonchev–Trinajstić information content (AvgIpc) is 2.52. The molecule has 0 aliphatic carbocycles. The van der Waals surface area contributed by atoms with Gasteiger partial charge in [-0.05, 0) is 31.7 Å². The van der Waals surface area contributed by atoms with E-state index in [0.717, 1.165) is 43.9 Å². The molecule has 0 amide bonds. The van der Waals surface area contributed by atoms with Crippen LogP contribution in [-0.4, -0.2) is 30.5 Å². The standard InChI is InChI=1S/C16H24N4O2/c1-3-12-18-16(17-4-2)19-13-6-5-7-14-8-10-15(11-9-14)20(21)22/h3,8-11H,1,4-7,12-13H2,2H3,(H2,17,18,19). The number of aryl methyl sites for hydroxylation is 1. The topological polar surface area (TPSA) is 79.6 Å². The van der Waals surface area contributed by atoms with E-state index in [1.54, 1.807) is 18.2 Å². The molecule has 1 rings (SSSR count). The number of nitrogens with zero attached hydrogens (tertiary/aromatic N) is 2. The van der Waals surface area contributed by atoms with Gasteiger partial charge in [0.05, 0.1) is 4.92 Å². The van der Waals surface area contributed by atoms with Crippen LogP contribution in [-0.2, 0) is 6.42 Å². The second-order valence-electron chi connectivity index (χ2n) is 4.81. The van der Waals surface area contributed by atoms with Gasteiger partial charge in [-0.25, -0.2) is 0 Å².